The van der Waals surface area contributed by atoms with Crippen LogP contribution in [-0.4, -0.2) is 42.9 Å². The van der Waals surface area contributed by atoms with Gasteiger partial charge in [0.15, 0.2) is 0 Å². The highest BCUT2D eigenvalue weighted by Crippen LogP contribution is 2.30. The molecule has 1 atom stereocenters. The van der Waals surface area contributed by atoms with Crippen LogP contribution in [0.5, 0.6) is 0 Å². The van der Waals surface area contributed by atoms with E-state index >= 15 is 0 Å². The van der Waals surface area contributed by atoms with E-state index in [4.69, 9.17) is 5.73 Å². The van der Waals surface area contributed by atoms with Crippen LogP contribution in [0, 0.1) is 17.8 Å². The second kappa shape index (κ2) is 7.78. The predicted molar refractivity (Wildman–Crippen MR) is 82.5 cm³/mol. The van der Waals surface area contributed by atoms with Gasteiger partial charge in [0.2, 0.25) is 11.8 Å². The summed E-state index contributed by atoms with van der Waals surface area (Å²) in [5.41, 5.74) is 5.63. The molecule has 0 unspecified atom stereocenters. The molecule has 0 radical (unpaired) electrons. The summed E-state index contributed by atoms with van der Waals surface area (Å²) in [7, 11) is 0. The van der Waals surface area contributed by atoms with Crippen molar-refractivity contribution in [2.75, 3.05) is 26.2 Å². The van der Waals surface area contributed by atoms with Crippen LogP contribution >= 0.6 is 0 Å². The van der Waals surface area contributed by atoms with Crippen molar-refractivity contribution in [2.45, 2.75) is 45.4 Å². The predicted octanol–water partition coefficient (Wildman–Crippen LogP) is 1.13. The molecular weight excluding hydrogens is 266 g/mol. The van der Waals surface area contributed by atoms with Crippen molar-refractivity contribution < 1.29 is 9.59 Å². The van der Waals surface area contributed by atoms with Crippen molar-refractivity contribution >= 4 is 11.8 Å². The summed E-state index contributed by atoms with van der Waals surface area (Å²) >= 11 is 0. The SMILES string of the molecule is CCC1CCC(C(=O)NCC(=O)N2CC[C@H](CN)C2)CC1. The zero-order chi connectivity index (χ0) is 15.2. The zero-order valence-corrected chi connectivity index (χ0v) is 13.1. The Kier molecular flexibility index (Phi) is 6.03. The van der Waals surface area contributed by atoms with E-state index in [1.165, 1.54) is 6.42 Å². The summed E-state index contributed by atoms with van der Waals surface area (Å²) in [5, 5.41) is 2.83. The summed E-state index contributed by atoms with van der Waals surface area (Å²) in [4.78, 5) is 26.0. The van der Waals surface area contributed by atoms with Crippen LogP contribution in [0.4, 0.5) is 0 Å². The van der Waals surface area contributed by atoms with E-state index in [1.54, 1.807) is 0 Å². The molecule has 120 valence electrons. The monoisotopic (exact) mass is 295 g/mol. The minimum atomic E-state index is 0.0292. The Balaban J connectivity index is 1.68. The summed E-state index contributed by atoms with van der Waals surface area (Å²) in [6, 6.07) is 0. The van der Waals surface area contributed by atoms with Gasteiger partial charge < -0.3 is 16.0 Å². The minimum Gasteiger partial charge on any atom is -0.347 e. The van der Waals surface area contributed by atoms with Gasteiger partial charge in [-0.1, -0.05) is 13.3 Å². The Morgan fingerprint density at radius 1 is 1.14 bits per heavy atom. The van der Waals surface area contributed by atoms with Gasteiger partial charge >= 0.3 is 0 Å². The Labute approximate surface area is 127 Å². The normalized spacial score (nSPS) is 29.4. The van der Waals surface area contributed by atoms with Crippen LogP contribution < -0.4 is 11.1 Å². The molecule has 21 heavy (non-hydrogen) atoms. The maximum Gasteiger partial charge on any atom is 0.241 e. The molecule has 1 aliphatic carbocycles. The molecule has 3 N–H and O–H groups in total. The third-order valence-electron chi connectivity index (χ3n) is 5.18. The average molecular weight is 295 g/mol. The molecule has 1 aliphatic heterocycles. The molecule has 1 saturated heterocycles. The number of amides is 2. The lowest BCUT2D eigenvalue weighted by Crippen LogP contribution is -2.42. The lowest BCUT2D eigenvalue weighted by atomic mass is 9.80. The van der Waals surface area contributed by atoms with Gasteiger partial charge in [-0.15, -0.1) is 0 Å². The number of carbonyl (C=O) groups is 2. The average Bonchev–Trinajstić information content (AvgIpc) is 3.01. The van der Waals surface area contributed by atoms with Gasteiger partial charge in [-0.3, -0.25) is 9.59 Å². The molecule has 1 heterocycles. The molecule has 0 spiro atoms. The fraction of sp³-hybridized carbons (Fsp3) is 0.875. The van der Waals surface area contributed by atoms with Crippen LogP contribution in [0.2, 0.25) is 0 Å². The van der Waals surface area contributed by atoms with Crippen molar-refractivity contribution in [3.05, 3.63) is 0 Å². The summed E-state index contributed by atoms with van der Waals surface area (Å²) < 4.78 is 0. The van der Waals surface area contributed by atoms with Crippen molar-refractivity contribution in [1.29, 1.82) is 0 Å². The highest BCUT2D eigenvalue weighted by Gasteiger charge is 2.28. The first-order chi connectivity index (χ1) is 10.1. The van der Waals surface area contributed by atoms with E-state index in [0.29, 0.717) is 12.5 Å². The molecule has 0 aromatic carbocycles. The van der Waals surface area contributed by atoms with Gasteiger partial charge in [-0.2, -0.15) is 0 Å². The summed E-state index contributed by atoms with van der Waals surface area (Å²) in [5.74, 6) is 1.41. The fourth-order valence-electron chi connectivity index (χ4n) is 3.50. The van der Waals surface area contributed by atoms with Gasteiger partial charge in [-0.25, -0.2) is 0 Å². The summed E-state index contributed by atoms with van der Waals surface area (Å²) in [6.45, 7) is 4.51. The maximum atomic E-state index is 12.1. The molecule has 2 rings (SSSR count). The number of carbonyl (C=O) groups excluding carboxylic acids is 2. The number of nitrogens with two attached hydrogens (primary N) is 1. The molecule has 5 nitrogen and oxygen atoms in total. The Bertz CT molecular complexity index is 365. The van der Waals surface area contributed by atoms with Crippen LogP contribution in [0.15, 0.2) is 0 Å². The molecule has 1 saturated carbocycles. The van der Waals surface area contributed by atoms with Gasteiger partial charge in [0.1, 0.15) is 0 Å². The first-order valence-corrected chi connectivity index (χ1v) is 8.39. The van der Waals surface area contributed by atoms with Crippen LogP contribution in [-0.2, 0) is 9.59 Å². The smallest absolute Gasteiger partial charge is 0.241 e. The van der Waals surface area contributed by atoms with E-state index in [9.17, 15) is 9.59 Å². The minimum absolute atomic E-state index is 0.0292. The molecule has 2 fully saturated rings. The Hall–Kier alpha value is -1.10. The highest BCUT2D eigenvalue weighted by molar-refractivity contribution is 5.86. The molecule has 0 bridgehead atoms. The standard InChI is InChI=1S/C16H29N3O2/c1-2-12-3-5-14(6-4-12)16(21)18-10-15(20)19-8-7-13(9-17)11-19/h12-14H,2-11,17H2,1H3,(H,18,21)/t12?,13-,14?/m1/s1. The molecule has 0 aromatic rings. The lowest BCUT2D eigenvalue weighted by molar-refractivity contribution is -0.133. The maximum absolute atomic E-state index is 12.1. The van der Waals surface area contributed by atoms with E-state index in [-0.39, 0.29) is 24.3 Å². The van der Waals surface area contributed by atoms with E-state index < -0.39 is 0 Å². The van der Waals surface area contributed by atoms with Crippen molar-refractivity contribution in [1.82, 2.24) is 10.2 Å². The third-order valence-corrected chi connectivity index (χ3v) is 5.18. The van der Waals surface area contributed by atoms with Gasteiger partial charge in [0, 0.05) is 19.0 Å². The van der Waals surface area contributed by atoms with E-state index in [1.807, 2.05) is 4.90 Å². The molecule has 2 aliphatic rings. The van der Waals surface area contributed by atoms with Crippen molar-refractivity contribution in [2.24, 2.45) is 23.5 Å². The first kappa shape index (κ1) is 16.3. The molecule has 0 aromatic heterocycles. The fourth-order valence-corrected chi connectivity index (χ4v) is 3.50. The van der Waals surface area contributed by atoms with Crippen molar-refractivity contribution in [3.8, 4) is 0 Å². The van der Waals surface area contributed by atoms with Gasteiger partial charge in [-0.05, 0) is 50.5 Å². The number of hydrogen-bond acceptors (Lipinski definition) is 3. The molecule has 2 amide bonds. The first-order valence-electron chi connectivity index (χ1n) is 8.39. The number of rotatable bonds is 5. The van der Waals surface area contributed by atoms with Crippen LogP contribution in [0.3, 0.4) is 0 Å². The second-order valence-electron chi connectivity index (χ2n) is 6.57. The van der Waals surface area contributed by atoms with Gasteiger partial charge in [0.25, 0.3) is 0 Å². The van der Waals surface area contributed by atoms with Crippen LogP contribution in [0.1, 0.15) is 45.4 Å². The highest BCUT2D eigenvalue weighted by atomic mass is 16.2. The Morgan fingerprint density at radius 2 is 1.86 bits per heavy atom. The summed E-state index contributed by atoms with van der Waals surface area (Å²) in [6.07, 6.45) is 6.43. The quantitative estimate of drug-likeness (QED) is 0.798. The number of hydrogen-bond donors (Lipinski definition) is 2. The number of nitrogens with zero attached hydrogens (tertiary/aromatic N) is 1. The number of nitrogens with one attached hydrogen (secondary N) is 1. The third kappa shape index (κ3) is 4.43. The van der Waals surface area contributed by atoms with E-state index in [0.717, 1.165) is 51.1 Å². The molecule has 5 heteroatoms. The Morgan fingerprint density at radius 3 is 2.43 bits per heavy atom. The van der Waals surface area contributed by atoms with Gasteiger partial charge in [0.05, 0.1) is 6.54 Å². The molecular formula is C16H29N3O2. The zero-order valence-electron chi connectivity index (χ0n) is 13.1. The van der Waals surface area contributed by atoms with Crippen LogP contribution in [0.25, 0.3) is 0 Å². The second-order valence-corrected chi connectivity index (χ2v) is 6.57. The largest absolute Gasteiger partial charge is 0.347 e. The lowest BCUT2D eigenvalue weighted by Gasteiger charge is -2.27. The topological polar surface area (TPSA) is 75.4 Å². The number of likely N-dealkylation sites (tertiary alicyclic amines) is 1. The van der Waals surface area contributed by atoms with Crippen molar-refractivity contribution in [3.63, 3.8) is 0 Å². The van der Waals surface area contributed by atoms with E-state index in [2.05, 4.69) is 12.2 Å².